The number of carbonyl (C=O) groups excluding carboxylic acids is 1. The summed E-state index contributed by atoms with van der Waals surface area (Å²) in [4.78, 5) is 32.8. The number of nitrogens with zero attached hydrogens (tertiary/aromatic N) is 3. The lowest BCUT2D eigenvalue weighted by Crippen LogP contribution is -2.37. The molecule has 0 bridgehead atoms. The average Bonchev–Trinajstić information content (AvgIpc) is 3.09. The predicted molar refractivity (Wildman–Crippen MR) is 134 cm³/mol. The van der Waals surface area contributed by atoms with Crippen LogP contribution in [0, 0.1) is 12.7 Å². The zero-order valence-corrected chi connectivity index (χ0v) is 20.0. The molecule has 2 N–H and O–H groups in total. The van der Waals surface area contributed by atoms with Gasteiger partial charge in [-0.15, -0.1) is 12.4 Å². The minimum absolute atomic E-state index is 0. The second kappa shape index (κ2) is 10.00. The first-order valence-electron chi connectivity index (χ1n) is 11.4. The van der Waals surface area contributed by atoms with E-state index in [-0.39, 0.29) is 42.6 Å². The highest BCUT2D eigenvalue weighted by molar-refractivity contribution is 5.94. The predicted octanol–water partition coefficient (Wildman–Crippen LogP) is 4.99. The summed E-state index contributed by atoms with van der Waals surface area (Å²) in [6.45, 7) is 1.75. The number of hydrogen-bond donors (Lipinski definition) is 2. The van der Waals surface area contributed by atoms with E-state index >= 15 is 0 Å². The molecule has 3 aromatic heterocycles. The number of benzene rings is 1. The summed E-state index contributed by atoms with van der Waals surface area (Å²) in [5.41, 5.74) is 3.50. The van der Waals surface area contributed by atoms with Crippen LogP contribution in [0.4, 0.5) is 4.39 Å². The minimum atomic E-state index is -0.931. The van der Waals surface area contributed by atoms with Crippen LogP contribution in [-0.2, 0) is 11.3 Å². The van der Waals surface area contributed by atoms with E-state index in [1.807, 2.05) is 25.1 Å². The minimum Gasteiger partial charge on any atom is -0.480 e. The maximum atomic E-state index is 14.1. The molecule has 5 rings (SSSR count). The van der Waals surface area contributed by atoms with Crippen molar-refractivity contribution in [2.45, 2.75) is 51.1 Å². The molecule has 0 aliphatic heterocycles. The van der Waals surface area contributed by atoms with E-state index < -0.39 is 5.97 Å². The second-order valence-corrected chi connectivity index (χ2v) is 8.91. The first-order valence-corrected chi connectivity index (χ1v) is 11.4. The Morgan fingerprint density at radius 3 is 2.66 bits per heavy atom. The third kappa shape index (κ3) is 4.84. The molecule has 7 nitrogen and oxygen atoms in total. The summed E-state index contributed by atoms with van der Waals surface area (Å²) in [5, 5.41) is 14.1. The van der Waals surface area contributed by atoms with Gasteiger partial charge in [0.15, 0.2) is 5.65 Å². The number of aliphatic carboxylic acids is 1. The van der Waals surface area contributed by atoms with Crippen molar-refractivity contribution < 1.29 is 19.1 Å². The van der Waals surface area contributed by atoms with Crippen molar-refractivity contribution in [2.24, 2.45) is 0 Å². The van der Waals surface area contributed by atoms with E-state index in [9.17, 15) is 19.1 Å². The van der Waals surface area contributed by atoms with Crippen molar-refractivity contribution in [3.63, 3.8) is 0 Å². The van der Waals surface area contributed by atoms with Gasteiger partial charge in [-0.05, 0) is 86.6 Å². The van der Waals surface area contributed by atoms with E-state index in [0.717, 1.165) is 53.2 Å². The first kappa shape index (κ1) is 24.6. The Balaban J connectivity index is 0.00000289. The summed E-state index contributed by atoms with van der Waals surface area (Å²) < 4.78 is 15.8. The number of carbonyl (C=O) groups is 2. The van der Waals surface area contributed by atoms with Gasteiger partial charge in [0.2, 0.25) is 0 Å². The van der Waals surface area contributed by atoms with Crippen molar-refractivity contribution in [2.75, 3.05) is 0 Å². The number of pyridine rings is 2. The lowest BCUT2D eigenvalue weighted by molar-refractivity contribution is -0.137. The normalized spacial score (nSPS) is 17.8. The molecule has 0 spiro atoms. The van der Waals surface area contributed by atoms with Crippen LogP contribution in [0.3, 0.4) is 0 Å². The van der Waals surface area contributed by atoms with Gasteiger partial charge in [0.1, 0.15) is 18.1 Å². The molecule has 3 heterocycles. The molecule has 0 unspecified atom stereocenters. The molecule has 1 aliphatic rings. The molecule has 9 heteroatoms. The van der Waals surface area contributed by atoms with Gasteiger partial charge in [-0.25, -0.2) is 14.4 Å². The van der Waals surface area contributed by atoms with Crippen LogP contribution >= 0.6 is 12.4 Å². The largest absolute Gasteiger partial charge is 0.480 e. The smallest absolute Gasteiger partial charge is 0.323 e. The number of carboxylic acid groups (broad SMARTS) is 1. The summed E-state index contributed by atoms with van der Waals surface area (Å²) >= 11 is 0. The number of fused-ring (bicyclic) bond motifs is 2. The molecule has 0 radical (unpaired) electrons. The van der Waals surface area contributed by atoms with Crippen LogP contribution < -0.4 is 5.32 Å². The quantitative estimate of drug-likeness (QED) is 0.405. The van der Waals surface area contributed by atoms with Gasteiger partial charge < -0.3 is 15.0 Å². The van der Waals surface area contributed by atoms with Crippen molar-refractivity contribution in [3.8, 4) is 0 Å². The van der Waals surface area contributed by atoms with Gasteiger partial charge in [0.05, 0.1) is 0 Å². The standard InChI is InChI=1S/C26H25FN4O3.ClH/c1-15-24(20-13-18(27)7-11-22(20)31(15)14-23(32)33)16-4-8-19(9-5-16)29-26(34)21-10-6-17-3-2-12-28-25(17)30-21;/h2-3,6-7,10-13,16,19H,4-5,8-9,14H2,1H3,(H,29,34)(H,32,33);1H. The summed E-state index contributed by atoms with van der Waals surface area (Å²) in [6, 6.07) is 11.8. The number of halogens is 2. The monoisotopic (exact) mass is 496 g/mol. The zero-order chi connectivity index (χ0) is 23.8. The highest BCUT2D eigenvalue weighted by Gasteiger charge is 2.29. The van der Waals surface area contributed by atoms with Gasteiger partial charge >= 0.3 is 5.97 Å². The highest BCUT2D eigenvalue weighted by Crippen LogP contribution is 2.40. The lowest BCUT2D eigenvalue weighted by Gasteiger charge is -2.29. The topological polar surface area (TPSA) is 97.1 Å². The summed E-state index contributed by atoms with van der Waals surface area (Å²) in [7, 11) is 0. The van der Waals surface area contributed by atoms with Gasteiger partial charge in [-0.3, -0.25) is 9.59 Å². The Labute approximate surface area is 207 Å². The molecule has 1 aliphatic carbocycles. The Morgan fingerprint density at radius 2 is 1.91 bits per heavy atom. The Kier molecular flexibility index (Phi) is 7.03. The lowest BCUT2D eigenvalue weighted by atomic mass is 9.80. The Hall–Kier alpha value is -3.52. The zero-order valence-electron chi connectivity index (χ0n) is 19.2. The third-order valence-electron chi connectivity index (χ3n) is 6.79. The molecule has 35 heavy (non-hydrogen) atoms. The highest BCUT2D eigenvalue weighted by atomic mass is 35.5. The van der Waals surface area contributed by atoms with E-state index in [2.05, 4.69) is 15.3 Å². The van der Waals surface area contributed by atoms with Crippen LogP contribution in [0.5, 0.6) is 0 Å². The Morgan fingerprint density at radius 1 is 1.14 bits per heavy atom. The summed E-state index contributed by atoms with van der Waals surface area (Å²) in [5.74, 6) is -1.30. The van der Waals surface area contributed by atoms with E-state index in [1.165, 1.54) is 12.1 Å². The number of amides is 1. The van der Waals surface area contributed by atoms with Gasteiger partial charge in [0, 0.05) is 34.2 Å². The Bertz CT molecular complexity index is 1410. The average molecular weight is 497 g/mol. The molecule has 0 saturated heterocycles. The molecule has 1 saturated carbocycles. The molecule has 1 fully saturated rings. The van der Waals surface area contributed by atoms with Gasteiger partial charge in [-0.2, -0.15) is 0 Å². The van der Waals surface area contributed by atoms with Crippen molar-refractivity contribution in [3.05, 3.63) is 71.4 Å². The van der Waals surface area contributed by atoms with Crippen LogP contribution in [0.15, 0.2) is 48.7 Å². The van der Waals surface area contributed by atoms with Crippen molar-refractivity contribution >= 4 is 46.2 Å². The molecular weight excluding hydrogens is 471 g/mol. The number of rotatable bonds is 5. The molecule has 1 amide bonds. The fourth-order valence-corrected chi connectivity index (χ4v) is 5.20. The van der Waals surface area contributed by atoms with Crippen LogP contribution in [-0.4, -0.2) is 37.6 Å². The van der Waals surface area contributed by atoms with Crippen LogP contribution in [0.1, 0.15) is 53.3 Å². The number of carboxylic acids is 1. The van der Waals surface area contributed by atoms with Crippen LogP contribution in [0.25, 0.3) is 21.9 Å². The fraction of sp³-hybridized carbons (Fsp3) is 0.308. The fourth-order valence-electron chi connectivity index (χ4n) is 5.20. The van der Waals surface area contributed by atoms with Crippen molar-refractivity contribution in [1.82, 2.24) is 19.9 Å². The first-order chi connectivity index (χ1) is 16.4. The molecule has 182 valence electrons. The number of hydrogen-bond acceptors (Lipinski definition) is 4. The number of nitrogens with one attached hydrogen (secondary N) is 1. The van der Waals surface area contributed by atoms with E-state index in [4.69, 9.17) is 0 Å². The second-order valence-electron chi connectivity index (χ2n) is 8.91. The maximum absolute atomic E-state index is 14.1. The van der Waals surface area contributed by atoms with Gasteiger partial charge in [0.25, 0.3) is 5.91 Å². The maximum Gasteiger partial charge on any atom is 0.323 e. The molecule has 1 aromatic carbocycles. The third-order valence-corrected chi connectivity index (χ3v) is 6.79. The molecule has 4 aromatic rings. The molecule has 0 atom stereocenters. The van der Waals surface area contributed by atoms with Crippen molar-refractivity contribution in [1.29, 1.82) is 0 Å². The SMILES string of the molecule is Cc1c(C2CCC(NC(=O)c3ccc4cccnc4n3)CC2)c2cc(F)ccc2n1CC(=O)O.Cl. The molecular formula is C26H26ClFN4O3. The van der Waals surface area contributed by atoms with Crippen LogP contribution in [0.2, 0.25) is 0 Å². The van der Waals surface area contributed by atoms with E-state index in [0.29, 0.717) is 11.3 Å². The van der Waals surface area contributed by atoms with Gasteiger partial charge in [-0.1, -0.05) is 0 Å². The van der Waals surface area contributed by atoms with E-state index in [1.54, 1.807) is 22.9 Å². The number of aromatic nitrogens is 3. The summed E-state index contributed by atoms with van der Waals surface area (Å²) in [6.07, 6.45) is 4.85.